The summed E-state index contributed by atoms with van der Waals surface area (Å²) < 4.78 is 0. The SMILES string of the molecule is CCCCCCC(CCCCC)Cc1ccccn1. The largest absolute Gasteiger partial charge is 0.261 e. The van der Waals surface area contributed by atoms with Crippen molar-refractivity contribution in [3.8, 4) is 0 Å². The summed E-state index contributed by atoms with van der Waals surface area (Å²) in [6.45, 7) is 4.57. The summed E-state index contributed by atoms with van der Waals surface area (Å²) in [5.74, 6) is 0.846. The van der Waals surface area contributed by atoms with Gasteiger partial charge in [-0.25, -0.2) is 0 Å². The van der Waals surface area contributed by atoms with E-state index in [1.807, 2.05) is 12.3 Å². The molecule has 1 atom stereocenters. The molecule has 0 fully saturated rings. The molecular weight excluding hydrogens is 230 g/mol. The van der Waals surface area contributed by atoms with E-state index < -0.39 is 0 Å². The molecule has 0 amide bonds. The Morgan fingerprint density at radius 3 is 2.21 bits per heavy atom. The van der Waals surface area contributed by atoms with Crippen LogP contribution < -0.4 is 0 Å². The van der Waals surface area contributed by atoms with Crippen LogP contribution in [0.2, 0.25) is 0 Å². The summed E-state index contributed by atoms with van der Waals surface area (Å²) in [6.07, 6.45) is 15.5. The van der Waals surface area contributed by atoms with Crippen molar-refractivity contribution in [2.75, 3.05) is 0 Å². The fourth-order valence-electron chi connectivity index (χ4n) is 2.71. The Bertz CT molecular complexity index is 294. The molecule has 0 N–H and O–H groups in total. The Balaban J connectivity index is 2.35. The van der Waals surface area contributed by atoms with Crippen LogP contribution in [0.5, 0.6) is 0 Å². The predicted octanol–water partition coefficient (Wildman–Crippen LogP) is 5.79. The fraction of sp³-hybridized carbons (Fsp3) is 0.722. The van der Waals surface area contributed by atoms with E-state index >= 15 is 0 Å². The Morgan fingerprint density at radius 2 is 1.58 bits per heavy atom. The van der Waals surface area contributed by atoms with Crippen LogP contribution in [0, 0.1) is 5.92 Å². The topological polar surface area (TPSA) is 12.9 Å². The minimum atomic E-state index is 0.846. The van der Waals surface area contributed by atoms with Crippen LogP contribution in [0.1, 0.15) is 77.3 Å². The molecule has 0 spiro atoms. The highest BCUT2D eigenvalue weighted by molar-refractivity contribution is 5.04. The lowest BCUT2D eigenvalue weighted by atomic mass is 9.90. The lowest BCUT2D eigenvalue weighted by Crippen LogP contribution is -2.06. The molecule has 0 aliphatic carbocycles. The summed E-state index contributed by atoms with van der Waals surface area (Å²) >= 11 is 0. The van der Waals surface area contributed by atoms with E-state index in [0.29, 0.717) is 0 Å². The van der Waals surface area contributed by atoms with Crippen molar-refractivity contribution in [2.24, 2.45) is 5.92 Å². The van der Waals surface area contributed by atoms with Gasteiger partial charge in [-0.15, -0.1) is 0 Å². The second kappa shape index (κ2) is 11.0. The van der Waals surface area contributed by atoms with E-state index in [-0.39, 0.29) is 0 Å². The van der Waals surface area contributed by atoms with Gasteiger partial charge in [-0.2, -0.15) is 0 Å². The Labute approximate surface area is 119 Å². The maximum absolute atomic E-state index is 4.49. The van der Waals surface area contributed by atoms with E-state index in [2.05, 4.69) is 31.0 Å². The third-order valence-corrected chi connectivity index (χ3v) is 3.91. The number of nitrogens with zero attached hydrogens (tertiary/aromatic N) is 1. The van der Waals surface area contributed by atoms with Gasteiger partial charge < -0.3 is 0 Å². The zero-order valence-corrected chi connectivity index (χ0v) is 12.9. The second-order valence-corrected chi connectivity index (χ2v) is 5.74. The van der Waals surface area contributed by atoms with Crippen molar-refractivity contribution in [3.63, 3.8) is 0 Å². The fourth-order valence-corrected chi connectivity index (χ4v) is 2.71. The molecule has 0 radical (unpaired) electrons. The quantitative estimate of drug-likeness (QED) is 0.459. The number of hydrogen-bond acceptors (Lipinski definition) is 1. The van der Waals surface area contributed by atoms with Gasteiger partial charge >= 0.3 is 0 Å². The van der Waals surface area contributed by atoms with Crippen molar-refractivity contribution < 1.29 is 0 Å². The van der Waals surface area contributed by atoms with Crippen LogP contribution in [0.3, 0.4) is 0 Å². The molecule has 1 heterocycles. The molecule has 1 unspecified atom stereocenters. The van der Waals surface area contributed by atoms with Gasteiger partial charge in [0.05, 0.1) is 0 Å². The summed E-state index contributed by atoms with van der Waals surface area (Å²) in [5.41, 5.74) is 1.28. The van der Waals surface area contributed by atoms with Gasteiger partial charge in [-0.3, -0.25) is 4.98 Å². The minimum Gasteiger partial charge on any atom is -0.261 e. The third kappa shape index (κ3) is 8.02. The Morgan fingerprint density at radius 1 is 0.895 bits per heavy atom. The summed E-state index contributed by atoms with van der Waals surface area (Å²) in [7, 11) is 0. The molecule has 108 valence electrons. The molecule has 0 saturated carbocycles. The smallest absolute Gasteiger partial charge is 0.0406 e. The van der Waals surface area contributed by atoms with Gasteiger partial charge in [-0.05, 0) is 24.5 Å². The highest BCUT2D eigenvalue weighted by Gasteiger charge is 2.10. The first-order valence-electron chi connectivity index (χ1n) is 8.26. The van der Waals surface area contributed by atoms with E-state index in [9.17, 15) is 0 Å². The lowest BCUT2D eigenvalue weighted by molar-refractivity contribution is 0.403. The maximum Gasteiger partial charge on any atom is 0.0406 e. The van der Waals surface area contributed by atoms with Gasteiger partial charge in [0.2, 0.25) is 0 Å². The van der Waals surface area contributed by atoms with Gasteiger partial charge in [0.15, 0.2) is 0 Å². The van der Waals surface area contributed by atoms with Crippen molar-refractivity contribution in [3.05, 3.63) is 30.1 Å². The van der Waals surface area contributed by atoms with Gasteiger partial charge in [0.25, 0.3) is 0 Å². The molecule has 19 heavy (non-hydrogen) atoms. The highest BCUT2D eigenvalue weighted by Crippen LogP contribution is 2.21. The molecule has 0 aliphatic heterocycles. The van der Waals surface area contributed by atoms with Crippen LogP contribution in [0.25, 0.3) is 0 Å². The maximum atomic E-state index is 4.49. The van der Waals surface area contributed by atoms with Gasteiger partial charge in [0, 0.05) is 11.9 Å². The number of unbranched alkanes of at least 4 members (excludes halogenated alkanes) is 5. The molecule has 1 heteroatoms. The summed E-state index contributed by atoms with van der Waals surface area (Å²) in [5, 5.41) is 0. The molecule has 1 aromatic rings. The third-order valence-electron chi connectivity index (χ3n) is 3.91. The van der Waals surface area contributed by atoms with E-state index in [4.69, 9.17) is 0 Å². The lowest BCUT2D eigenvalue weighted by Gasteiger charge is -2.16. The zero-order valence-electron chi connectivity index (χ0n) is 12.9. The van der Waals surface area contributed by atoms with Crippen LogP contribution in [-0.4, -0.2) is 4.98 Å². The molecule has 0 aliphatic rings. The molecule has 1 nitrogen and oxygen atoms in total. The van der Waals surface area contributed by atoms with Crippen LogP contribution in [0.15, 0.2) is 24.4 Å². The number of rotatable bonds is 11. The van der Waals surface area contributed by atoms with Gasteiger partial charge in [-0.1, -0.05) is 77.7 Å². The normalized spacial score (nSPS) is 12.5. The van der Waals surface area contributed by atoms with Crippen LogP contribution in [0.4, 0.5) is 0 Å². The average molecular weight is 261 g/mol. The zero-order chi connectivity index (χ0) is 13.8. The van der Waals surface area contributed by atoms with Gasteiger partial charge in [0.1, 0.15) is 0 Å². The van der Waals surface area contributed by atoms with Crippen LogP contribution >= 0.6 is 0 Å². The van der Waals surface area contributed by atoms with Crippen LogP contribution in [-0.2, 0) is 6.42 Å². The first-order chi connectivity index (χ1) is 9.36. The predicted molar refractivity (Wildman–Crippen MR) is 84.3 cm³/mol. The standard InChI is InChI=1S/C18H31N/c1-3-5-7-9-13-17(12-8-6-4-2)16-18-14-10-11-15-19-18/h10-11,14-15,17H,3-9,12-13,16H2,1-2H3. The molecule has 1 aromatic heterocycles. The highest BCUT2D eigenvalue weighted by atomic mass is 14.7. The summed E-state index contributed by atoms with van der Waals surface area (Å²) in [6, 6.07) is 6.30. The van der Waals surface area contributed by atoms with Crippen molar-refractivity contribution in [2.45, 2.75) is 78.1 Å². The second-order valence-electron chi connectivity index (χ2n) is 5.74. The molecular formula is C18H31N. The number of pyridine rings is 1. The molecule has 0 bridgehead atoms. The van der Waals surface area contributed by atoms with E-state index in [1.165, 1.54) is 69.9 Å². The number of aromatic nitrogens is 1. The molecule has 0 aromatic carbocycles. The Hall–Kier alpha value is -0.850. The van der Waals surface area contributed by atoms with Crippen molar-refractivity contribution in [1.82, 2.24) is 4.98 Å². The van der Waals surface area contributed by atoms with Crippen molar-refractivity contribution >= 4 is 0 Å². The number of hydrogen-bond donors (Lipinski definition) is 0. The first-order valence-corrected chi connectivity index (χ1v) is 8.26. The molecule has 1 rings (SSSR count). The minimum absolute atomic E-state index is 0.846. The van der Waals surface area contributed by atoms with E-state index in [1.54, 1.807) is 0 Å². The van der Waals surface area contributed by atoms with Crippen molar-refractivity contribution in [1.29, 1.82) is 0 Å². The average Bonchev–Trinajstić information content (AvgIpc) is 2.44. The molecule has 0 saturated heterocycles. The first kappa shape index (κ1) is 16.2. The monoisotopic (exact) mass is 261 g/mol. The summed E-state index contributed by atoms with van der Waals surface area (Å²) in [4.78, 5) is 4.49. The van der Waals surface area contributed by atoms with E-state index in [0.717, 1.165) is 5.92 Å². The Kier molecular flexibility index (Phi) is 9.40.